The second-order valence-electron chi connectivity index (χ2n) is 25.4. The van der Waals surface area contributed by atoms with Crippen LogP contribution in [-0.2, 0) is 40.5 Å². The van der Waals surface area contributed by atoms with E-state index in [9.17, 15) is 34.4 Å². The highest BCUT2D eigenvalue weighted by atomic mass is 32.2. The van der Waals surface area contributed by atoms with Gasteiger partial charge in [0.1, 0.15) is 31.1 Å². The van der Waals surface area contributed by atoms with Gasteiger partial charge in [0.05, 0.1) is 0 Å². The number of benzene rings is 4. The molecular formula is C63H90O12S4. The van der Waals surface area contributed by atoms with E-state index < -0.39 is 64.1 Å². The van der Waals surface area contributed by atoms with Crippen LogP contribution in [0, 0.1) is 5.92 Å². The van der Waals surface area contributed by atoms with E-state index in [1.165, 1.54) is 24.3 Å². The van der Waals surface area contributed by atoms with Gasteiger partial charge >= 0.3 is 20.2 Å². The largest absolute Gasteiger partial charge is 0.379 e. The second kappa shape index (κ2) is 25.0. The minimum absolute atomic E-state index is 0.0220. The van der Waals surface area contributed by atoms with Gasteiger partial charge in [-0.15, -0.1) is 0 Å². The summed E-state index contributed by atoms with van der Waals surface area (Å²) in [4.78, 5) is -0.203. The third-order valence-electron chi connectivity index (χ3n) is 17.3. The van der Waals surface area contributed by atoms with Crippen LogP contribution in [-0.4, -0.2) is 42.8 Å². The van der Waals surface area contributed by atoms with Crippen LogP contribution in [0.5, 0.6) is 11.5 Å². The minimum atomic E-state index is -4.84. The maximum atomic E-state index is 15.6. The normalized spacial score (nSPS) is 19.1. The lowest BCUT2D eigenvalue weighted by molar-refractivity contribution is 0.289. The van der Waals surface area contributed by atoms with Crippen molar-refractivity contribution in [1.29, 1.82) is 0 Å². The zero-order valence-electron chi connectivity index (χ0n) is 49.2. The van der Waals surface area contributed by atoms with Gasteiger partial charge in [-0.05, 0) is 190 Å². The second-order valence-corrected chi connectivity index (χ2v) is 31.1. The molecule has 79 heavy (non-hydrogen) atoms. The van der Waals surface area contributed by atoms with Gasteiger partial charge in [0.2, 0.25) is 0 Å². The van der Waals surface area contributed by atoms with Crippen LogP contribution < -0.4 is 8.37 Å². The molecule has 4 aromatic carbocycles. The monoisotopic (exact) mass is 1170 g/mol. The Morgan fingerprint density at radius 1 is 0.405 bits per heavy atom. The van der Waals surface area contributed by atoms with Crippen LogP contribution in [0.15, 0.2) is 68.1 Å². The van der Waals surface area contributed by atoms with Crippen LogP contribution in [0.4, 0.5) is 0 Å². The van der Waals surface area contributed by atoms with Crippen molar-refractivity contribution in [2.75, 3.05) is 0 Å². The summed E-state index contributed by atoms with van der Waals surface area (Å²) in [6, 6.07) is 13.9. The zero-order chi connectivity index (χ0) is 58.3. The Balaban J connectivity index is 1.33. The maximum absolute atomic E-state index is 15.6. The summed E-state index contributed by atoms with van der Waals surface area (Å²) in [5.74, 6) is -2.05. The van der Waals surface area contributed by atoms with Gasteiger partial charge < -0.3 is 8.37 Å². The molecule has 3 atom stereocenters. The van der Waals surface area contributed by atoms with E-state index in [0.29, 0.717) is 36.0 Å². The average Bonchev–Trinajstić information content (AvgIpc) is 3.58. The van der Waals surface area contributed by atoms with Gasteiger partial charge in [-0.1, -0.05) is 166 Å². The van der Waals surface area contributed by atoms with E-state index >= 15 is 8.42 Å². The van der Waals surface area contributed by atoms with Gasteiger partial charge in [0.15, 0.2) is 0 Å². The van der Waals surface area contributed by atoms with Gasteiger partial charge in [-0.3, -0.25) is 9.11 Å². The first-order valence-corrected chi connectivity index (χ1v) is 35.0. The molecule has 4 aromatic rings. The highest BCUT2D eigenvalue weighted by Gasteiger charge is 2.39. The maximum Gasteiger partial charge on any atom is 0.339 e. The first kappa shape index (κ1) is 62.8. The molecule has 3 unspecified atom stereocenters. The standard InChI is InChI=1S/C63H90O12S4/c1-37(2)48-29-52(38(3)4)62(53(30-48)39(5)6)78(70,71)75-51-35-56(42(11)12)61(77(67,68)69)57(36-51)43(13)27-44-21-20-26-47(28-44)59-32-49(45-22-16-14-17-23-45)31-58(46-24-18-15-19-25-46)63(59)79(72,73)74-50-33-54(40(7)8)60(76(64,65)66)55(34-50)41(9)10/h29-47H,14-28H2,1-13H3,(H,64,65,66)(H,67,68,69). The molecule has 2 N–H and O–H groups in total. The van der Waals surface area contributed by atoms with Crippen molar-refractivity contribution in [2.45, 2.75) is 265 Å². The molecule has 0 saturated heterocycles. The van der Waals surface area contributed by atoms with E-state index in [2.05, 4.69) is 26.0 Å². The Kier molecular flexibility index (Phi) is 19.8. The number of rotatable bonds is 20. The lowest BCUT2D eigenvalue weighted by Gasteiger charge is -2.35. The summed E-state index contributed by atoms with van der Waals surface area (Å²) in [5.41, 5.74) is 5.95. The molecule has 0 aliphatic heterocycles. The SMILES string of the molecule is CC(C)c1cc(C(C)C)c(S(=O)(=O)Oc2cc(C(C)C)c(S(=O)(=O)O)c(C(C)CC3CCCC(c4cc(C5CCCCC5)cc(C5CCCCC5)c4S(=O)(=O)Oc4cc(C(C)C)c(S(=O)(=O)O)c(C(C)C)c4)C3)c2)c(C(C)C)c1. The fraction of sp³-hybridized carbons (Fsp3) is 0.619. The summed E-state index contributed by atoms with van der Waals surface area (Å²) >= 11 is 0. The van der Waals surface area contributed by atoms with Crippen molar-refractivity contribution in [3.05, 3.63) is 104 Å². The number of hydrogen-bond donors (Lipinski definition) is 2. The topological polar surface area (TPSA) is 195 Å². The smallest absolute Gasteiger partial charge is 0.339 e. The van der Waals surface area contributed by atoms with Gasteiger partial charge in [-0.2, -0.15) is 33.7 Å². The van der Waals surface area contributed by atoms with Crippen molar-refractivity contribution in [1.82, 2.24) is 0 Å². The predicted molar refractivity (Wildman–Crippen MR) is 315 cm³/mol. The Morgan fingerprint density at radius 3 is 1.19 bits per heavy atom. The average molecular weight is 1170 g/mol. The molecule has 3 saturated carbocycles. The molecule has 12 nitrogen and oxygen atoms in total. The zero-order valence-corrected chi connectivity index (χ0v) is 52.5. The van der Waals surface area contributed by atoms with E-state index in [4.69, 9.17) is 8.37 Å². The minimum Gasteiger partial charge on any atom is -0.379 e. The van der Waals surface area contributed by atoms with Crippen LogP contribution in [0.25, 0.3) is 0 Å². The Bertz CT molecular complexity index is 3250. The molecule has 3 aliphatic carbocycles. The molecule has 0 bridgehead atoms. The highest BCUT2D eigenvalue weighted by Crippen LogP contribution is 2.50. The van der Waals surface area contributed by atoms with E-state index in [-0.39, 0.29) is 94.8 Å². The summed E-state index contributed by atoms with van der Waals surface area (Å²) in [6.45, 7) is 24.6. The summed E-state index contributed by atoms with van der Waals surface area (Å²) in [6.07, 6.45) is 13.3. The third-order valence-corrected chi connectivity index (χ3v) is 22.1. The molecule has 0 heterocycles. The van der Waals surface area contributed by atoms with Crippen LogP contribution in [0.2, 0.25) is 0 Å². The van der Waals surface area contributed by atoms with Crippen LogP contribution in [0.1, 0.15) is 301 Å². The fourth-order valence-corrected chi connectivity index (χ4v) is 18.6. The van der Waals surface area contributed by atoms with Gasteiger partial charge in [0.25, 0.3) is 20.2 Å². The van der Waals surface area contributed by atoms with E-state index in [0.717, 1.165) is 93.7 Å². The van der Waals surface area contributed by atoms with Gasteiger partial charge in [-0.25, -0.2) is 0 Å². The van der Waals surface area contributed by atoms with Crippen LogP contribution >= 0.6 is 0 Å². The lowest BCUT2D eigenvalue weighted by Crippen LogP contribution is -2.23. The van der Waals surface area contributed by atoms with Crippen molar-refractivity contribution in [3.8, 4) is 11.5 Å². The molecule has 0 spiro atoms. The molecule has 3 fully saturated rings. The summed E-state index contributed by atoms with van der Waals surface area (Å²) in [7, 11) is -18.6. The molecule has 7 rings (SSSR count). The van der Waals surface area contributed by atoms with Crippen molar-refractivity contribution in [2.24, 2.45) is 5.92 Å². The Hall–Kier alpha value is -3.80. The summed E-state index contributed by atoms with van der Waals surface area (Å²) in [5, 5.41) is 0. The highest BCUT2D eigenvalue weighted by molar-refractivity contribution is 7.87. The van der Waals surface area contributed by atoms with E-state index in [1.54, 1.807) is 41.5 Å². The van der Waals surface area contributed by atoms with Crippen molar-refractivity contribution >= 4 is 40.5 Å². The predicted octanol–water partition coefficient (Wildman–Crippen LogP) is 17.0. The lowest BCUT2D eigenvalue weighted by atomic mass is 9.72. The molecule has 0 amide bonds. The molecule has 16 heteroatoms. The van der Waals surface area contributed by atoms with Crippen molar-refractivity contribution < 1.29 is 51.1 Å². The molecule has 0 aromatic heterocycles. The summed E-state index contributed by atoms with van der Waals surface area (Å²) < 4.78 is 148. The Morgan fingerprint density at radius 2 is 0.772 bits per heavy atom. The molecule has 3 aliphatic rings. The molecule has 438 valence electrons. The quantitative estimate of drug-likeness (QED) is 0.0629. The third kappa shape index (κ3) is 14.3. The van der Waals surface area contributed by atoms with Crippen LogP contribution in [0.3, 0.4) is 0 Å². The van der Waals surface area contributed by atoms with E-state index in [1.807, 2.05) is 46.8 Å². The molecule has 0 radical (unpaired) electrons. The van der Waals surface area contributed by atoms with Crippen molar-refractivity contribution in [3.63, 3.8) is 0 Å². The van der Waals surface area contributed by atoms with Gasteiger partial charge in [0, 0.05) is 0 Å². The fourth-order valence-electron chi connectivity index (χ4n) is 13.2. The first-order chi connectivity index (χ1) is 36.8. The number of hydrogen-bond acceptors (Lipinski definition) is 10. The molecular weight excluding hydrogens is 1080 g/mol. The first-order valence-electron chi connectivity index (χ1n) is 29.4. The Labute approximate surface area is 475 Å².